The lowest BCUT2D eigenvalue weighted by molar-refractivity contribution is -0.141. The Morgan fingerprint density at radius 1 is 1.35 bits per heavy atom. The molecule has 20 heavy (non-hydrogen) atoms. The van der Waals surface area contributed by atoms with Gasteiger partial charge in [-0.15, -0.1) is 0 Å². The van der Waals surface area contributed by atoms with Crippen LogP contribution in [0, 0.1) is 17.8 Å². The van der Waals surface area contributed by atoms with Crippen molar-refractivity contribution < 1.29 is 23.9 Å². The summed E-state index contributed by atoms with van der Waals surface area (Å²) < 4.78 is 5.10. The molecular formula is C14H15NO5. The number of carboxylic acid groups (broad SMARTS) is 1. The molecular weight excluding hydrogens is 262 g/mol. The van der Waals surface area contributed by atoms with Crippen LogP contribution in [0.15, 0.2) is 16.7 Å². The fourth-order valence-corrected chi connectivity index (χ4v) is 3.23. The minimum absolute atomic E-state index is 0.0202. The second-order valence-corrected chi connectivity index (χ2v) is 5.66. The van der Waals surface area contributed by atoms with Crippen molar-refractivity contribution in [2.45, 2.75) is 26.3 Å². The molecule has 0 aromatic carbocycles. The van der Waals surface area contributed by atoms with E-state index < -0.39 is 5.97 Å². The second kappa shape index (κ2) is 4.47. The molecule has 6 nitrogen and oxygen atoms in total. The van der Waals surface area contributed by atoms with E-state index in [1.54, 1.807) is 0 Å². The third kappa shape index (κ3) is 1.92. The molecule has 0 radical (unpaired) electrons. The van der Waals surface area contributed by atoms with Gasteiger partial charge in [-0.1, -0.05) is 6.92 Å². The Labute approximate surface area is 115 Å². The number of carbonyl (C=O) groups is 3. The van der Waals surface area contributed by atoms with Crippen molar-refractivity contribution in [3.8, 4) is 0 Å². The van der Waals surface area contributed by atoms with Crippen LogP contribution >= 0.6 is 0 Å². The number of likely N-dealkylation sites (tertiary alicyclic amines) is 1. The van der Waals surface area contributed by atoms with Crippen LogP contribution < -0.4 is 0 Å². The highest BCUT2D eigenvalue weighted by Gasteiger charge is 2.51. The average Bonchev–Trinajstić information content (AvgIpc) is 3.04. The standard InChI is InChI=1S/C14H15NO5/c1-7-2-10-11(3-7)13(17)15(12(10)16)5-9-4-8(6-20-9)14(18)19/h4,6-7,10-11H,2-3,5H2,1H3,(H,18,19). The predicted octanol–water partition coefficient (Wildman–Crippen LogP) is 1.51. The molecule has 2 unspecified atom stereocenters. The van der Waals surface area contributed by atoms with Crippen molar-refractivity contribution in [3.63, 3.8) is 0 Å². The molecule has 6 heteroatoms. The number of imide groups is 1. The van der Waals surface area contributed by atoms with Crippen molar-refractivity contribution in [2.75, 3.05) is 0 Å². The Morgan fingerprint density at radius 3 is 2.45 bits per heavy atom. The Morgan fingerprint density at radius 2 is 1.95 bits per heavy atom. The van der Waals surface area contributed by atoms with Crippen molar-refractivity contribution in [2.24, 2.45) is 17.8 Å². The summed E-state index contributed by atoms with van der Waals surface area (Å²) in [4.78, 5) is 36.4. The number of hydrogen-bond acceptors (Lipinski definition) is 4. The van der Waals surface area contributed by atoms with E-state index in [0.717, 1.165) is 19.1 Å². The molecule has 1 aliphatic carbocycles. The Bertz CT molecular complexity index is 566. The SMILES string of the molecule is CC1CC2C(=O)N(Cc3cc(C(=O)O)co3)C(=O)C2C1. The van der Waals surface area contributed by atoms with Gasteiger partial charge < -0.3 is 9.52 Å². The maximum atomic E-state index is 12.2. The van der Waals surface area contributed by atoms with Crippen LogP contribution in [0.5, 0.6) is 0 Å². The monoisotopic (exact) mass is 277 g/mol. The molecule has 1 aromatic heterocycles. The molecule has 2 fully saturated rings. The summed E-state index contributed by atoms with van der Waals surface area (Å²) in [5.41, 5.74) is 0.0212. The lowest BCUT2D eigenvalue weighted by atomic mass is 10.00. The second-order valence-electron chi connectivity index (χ2n) is 5.66. The summed E-state index contributed by atoms with van der Waals surface area (Å²) in [7, 11) is 0. The normalized spacial score (nSPS) is 29.1. The summed E-state index contributed by atoms with van der Waals surface area (Å²) in [5.74, 6) is -1.09. The zero-order chi connectivity index (χ0) is 14.4. The lowest BCUT2D eigenvalue weighted by Gasteiger charge is -2.15. The molecule has 2 atom stereocenters. The highest BCUT2D eigenvalue weighted by atomic mass is 16.4. The Hall–Kier alpha value is -2.11. The number of carbonyl (C=O) groups excluding carboxylic acids is 2. The van der Waals surface area contributed by atoms with E-state index in [0.29, 0.717) is 11.7 Å². The van der Waals surface area contributed by atoms with E-state index in [2.05, 4.69) is 6.92 Å². The molecule has 2 aliphatic rings. The molecule has 1 saturated carbocycles. The minimum atomic E-state index is -1.09. The molecule has 1 aromatic rings. The molecule has 2 heterocycles. The van der Waals surface area contributed by atoms with Gasteiger partial charge in [0.1, 0.15) is 12.0 Å². The first-order chi connectivity index (χ1) is 9.47. The van der Waals surface area contributed by atoms with Crippen molar-refractivity contribution in [1.29, 1.82) is 0 Å². The largest absolute Gasteiger partial charge is 0.478 e. The van der Waals surface area contributed by atoms with Crippen molar-refractivity contribution >= 4 is 17.8 Å². The number of fused-ring (bicyclic) bond motifs is 1. The number of furan rings is 1. The highest BCUT2D eigenvalue weighted by Crippen LogP contribution is 2.43. The van der Waals surface area contributed by atoms with Gasteiger partial charge in [-0.25, -0.2) is 4.79 Å². The fraction of sp³-hybridized carbons (Fsp3) is 0.500. The summed E-state index contributed by atoms with van der Waals surface area (Å²) in [5, 5.41) is 8.82. The van der Waals surface area contributed by atoms with Crippen LogP contribution in [-0.4, -0.2) is 27.8 Å². The third-order valence-corrected chi connectivity index (χ3v) is 4.18. The molecule has 0 bridgehead atoms. The van der Waals surface area contributed by atoms with E-state index in [-0.39, 0.29) is 35.8 Å². The summed E-state index contributed by atoms with van der Waals surface area (Å²) in [6, 6.07) is 1.35. The van der Waals surface area contributed by atoms with Crippen LogP contribution in [-0.2, 0) is 16.1 Å². The average molecular weight is 277 g/mol. The Balaban J connectivity index is 1.76. The quantitative estimate of drug-likeness (QED) is 0.846. The summed E-state index contributed by atoms with van der Waals surface area (Å²) in [6.45, 7) is 2.07. The minimum Gasteiger partial charge on any atom is -0.478 e. The number of nitrogens with zero attached hydrogens (tertiary/aromatic N) is 1. The van der Waals surface area contributed by atoms with Gasteiger partial charge in [0.2, 0.25) is 11.8 Å². The first-order valence-corrected chi connectivity index (χ1v) is 6.63. The van der Waals surface area contributed by atoms with Gasteiger partial charge in [0.15, 0.2) is 0 Å². The third-order valence-electron chi connectivity index (χ3n) is 4.18. The van der Waals surface area contributed by atoms with Gasteiger partial charge in [0.25, 0.3) is 0 Å². The number of hydrogen-bond donors (Lipinski definition) is 1. The van der Waals surface area contributed by atoms with Gasteiger partial charge in [0, 0.05) is 0 Å². The van der Waals surface area contributed by atoms with Crippen LogP contribution in [0.4, 0.5) is 0 Å². The molecule has 1 N–H and O–H groups in total. The van der Waals surface area contributed by atoms with E-state index in [1.165, 1.54) is 11.0 Å². The van der Waals surface area contributed by atoms with Gasteiger partial charge in [-0.05, 0) is 24.8 Å². The molecule has 1 aliphatic heterocycles. The summed E-state index contributed by atoms with van der Waals surface area (Å²) in [6.07, 6.45) is 2.63. The van der Waals surface area contributed by atoms with Gasteiger partial charge >= 0.3 is 5.97 Å². The molecule has 0 spiro atoms. The first kappa shape index (κ1) is 12.9. The number of carboxylic acids is 1. The lowest BCUT2D eigenvalue weighted by Crippen LogP contribution is -2.31. The van der Waals surface area contributed by atoms with E-state index in [9.17, 15) is 14.4 Å². The highest BCUT2D eigenvalue weighted by molar-refractivity contribution is 6.05. The topological polar surface area (TPSA) is 87.8 Å². The zero-order valence-electron chi connectivity index (χ0n) is 11.0. The number of amides is 2. The van der Waals surface area contributed by atoms with Crippen LogP contribution in [0.25, 0.3) is 0 Å². The van der Waals surface area contributed by atoms with Crippen LogP contribution in [0.3, 0.4) is 0 Å². The Kier molecular flexibility index (Phi) is 2.88. The van der Waals surface area contributed by atoms with Crippen molar-refractivity contribution in [1.82, 2.24) is 4.90 Å². The van der Waals surface area contributed by atoms with Gasteiger partial charge in [-0.2, -0.15) is 0 Å². The maximum Gasteiger partial charge on any atom is 0.338 e. The predicted molar refractivity (Wildman–Crippen MR) is 66.6 cm³/mol. The van der Waals surface area contributed by atoms with E-state index >= 15 is 0 Å². The molecule has 106 valence electrons. The van der Waals surface area contributed by atoms with E-state index in [4.69, 9.17) is 9.52 Å². The maximum absolute atomic E-state index is 12.2. The fourth-order valence-electron chi connectivity index (χ4n) is 3.23. The number of aromatic carboxylic acids is 1. The van der Waals surface area contributed by atoms with Crippen LogP contribution in [0.2, 0.25) is 0 Å². The number of rotatable bonds is 3. The summed E-state index contributed by atoms with van der Waals surface area (Å²) >= 11 is 0. The van der Waals surface area contributed by atoms with Crippen LogP contribution in [0.1, 0.15) is 35.9 Å². The molecule has 1 saturated heterocycles. The van der Waals surface area contributed by atoms with Gasteiger partial charge in [-0.3, -0.25) is 14.5 Å². The zero-order valence-corrected chi connectivity index (χ0v) is 11.0. The van der Waals surface area contributed by atoms with Gasteiger partial charge in [0.05, 0.1) is 23.9 Å². The molecule has 3 rings (SSSR count). The molecule has 2 amide bonds. The first-order valence-electron chi connectivity index (χ1n) is 6.63. The van der Waals surface area contributed by atoms with E-state index in [1.807, 2.05) is 0 Å². The van der Waals surface area contributed by atoms with Crippen molar-refractivity contribution in [3.05, 3.63) is 23.7 Å². The smallest absolute Gasteiger partial charge is 0.338 e.